The summed E-state index contributed by atoms with van der Waals surface area (Å²) >= 11 is 0. The number of rotatable bonds is 3. The Morgan fingerprint density at radius 3 is 2.62 bits per heavy atom. The highest BCUT2D eigenvalue weighted by molar-refractivity contribution is 5.75. The van der Waals surface area contributed by atoms with Gasteiger partial charge < -0.3 is 10.5 Å². The lowest BCUT2D eigenvalue weighted by molar-refractivity contribution is -0.139. The van der Waals surface area contributed by atoms with Crippen molar-refractivity contribution in [2.75, 3.05) is 0 Å². The lowest BCUT2D eigenvalue weighted by Gasteiger charge is -2.08. The molecule has 1 radical (unpaired) electrons. The molecule has 3 heteroatoms. The van der Waals surface area contributed by atoms with Gasteiger partial charge in [0.05, 0.1) is 0 Å². The second-order valence-electron chi connectivity index (χ2n) is 2.76. The first-order valence-electron chi connectivity index (χ1n) is 3.99. The zero-order valence-electron chi connectivity index (χ0n) is 7.27. The van der Waals surface area contributed by atoms with Gasteiger partial charge in [-0.2, -0.15) is 0 Å². The third-order valence-electron chi connectivity index (χ3n) is 1.74. The van der Waals surface area contributed by atoms with Crippen molar-refractivity contribution < 1.29 is 9.53 Å². The average molecular weight is 178 g/mol. The van der Waals surface area contributed by atoms with Gasteiger partial charge in [0.15, 0.2) is 0 Å². The monoisotopic (exact) mass is 178 g/mol. The van der Waals surface area contributed by atoms with Gasteiger partial charge in [0.25, 0.3) is 0 Å². The Hall–Kier alpha value is -1.35. The molecule has 1 unspecified atom stereocenters. The average Bonchev–Trinajstić information content (AvgIpc) is 2.18. The summed E-state index contributed by atoms with van der Waals surface area (Å²) in [4.78, 5) is 10.9. The molecule has 0 aliphatic rings. The maximum atomic E-state index is 10.9. The number of ether oxygens (including phenoxy) is 1. The zero-order valence-corrected chi connectivity index (χ0v) is 7.27. The molecule has 0 amide bonds. The van der Waals surface area contributed by atoms with Crippen molar-refractivity contribution in [2.24, 2.45) is 5.73 Å². The highest BCUT2D eigenvalue weighted by atomic mass is 16.5. The highest BCUT2D eigenvalue weighted by Crippen LogP contribution is 2.02. The Balaban J connectivity index is 2.55. The van der Waals surface area contributed by atoms with Crippen LogP contribution in [0, 0.1) is 7.11 Å². The van der Waals surface area contributed by atoms with Crippen molar-refractivity contribution in [3.05, 3.63) is 43.0 Å². The molecule has 13 heavy (non-hydrogen) atoms. The Bertz CT molecular complexity index is 272. The largest absolute Gasteiger partial charge is 0.461 e. The minimum Gasteiger partial charge on any atom is -0.461 e. The van der Waals surface area contributed by atoms with Crippen LogP contribution in [0.4, 0.5) is 0 Å². The number of hydrogen-bond acceptors (Lipinski definition) is 3. The van der Waals surface area contributed by atoms with Gasteiger partial charge in [-0.25, -0.2) is 0 Å². The smallest absolute Gasteiger partial charge is 0.323 e. The van der Waals surface area contributed by atoms with Crippen molar-refractivity contribution in [3.63, 3.8) is 0 Å². The predicted octanol–water partition coefficient (Wildman–Crippen LogP) is 0.891. The summed E-state index contributed by atoms with van der Waals surface area (Å²) in [5, 5.41) is 0. The number of hydrogen-bond donors (Lipinski definition) is 1. The van der Waals surface area contributed by atoms with E-state index in [2.05, 4.69) is 11.8 Å². The number of nitrogens with two attached hydrogens (primary N) is 1. The maximum Gasteiger partial charge on any atom is 0.323 e. The minimum absolute atomic E-state index is 0.481. The molecule has 0 saturated heterocycles. The molecule has 69 valence electrons. The van der Waals surface area contributed by atoms with Gasteiger partial charge >= 0.3 is 5.97 Å². The molecule has 1 aromatic carbocycles. The van der Waals surface area contributed by atoms with E-state index in [9.17, 15) is 4.79 Å². The molecule has 0 aliphatic carbocycles. The van der Waals surface area contributed by atoms with Crippen LogP contribution < -0.4 is 5.73 Å². The van der Waals surface area contributed by atoms with E-state index in [-0.39, 0.29) is 0 Å². The molecule has 3 nitrogen and oxygen atoms in total. The van der Waals surface area contributed by atoms with Crippen molar-refractivity contribution in [2.45, 2.75) is 12.5 Å². The molecule has 0 saturated carbocycles. The quantitative estimate of drug-likeness (QED) is 0.699. The molecule has 0 heterocycles. The van der Waals surface area contributed by atoms with Gasteiger partial charge in [-0.1, -0.05) is 30.3 Å². The molecule has 1 atom stereocenters. The van der Waals surface area contributed by atoms with Gasteiger partial charge in [-0.05, 0) is 12.0 Å². The lowest BCUT2D eigenvalue weighted by atomic mass is 10.1. The first kappa shape index (κ1) is 9.74. The van der Waals surface area contributed by atoms with E-state index in [1.165, 1.54) is 0 Å². The summed E-state index contributed by atoms with van der Waals surface area (Å²) in [6, 6.07) is 8.91. The summed E-state index contributed by atoms with van der Waals surface area (Å²) in [6.45, 7) is 0. The second kappa shape index (κ2) is 4.62. The standard InChI is InChI=1S/C10H12NO2/c1-13-10(12)9(11)7-8-5-3-2-4-6-8/h2-6,9H,1,7,11H2. The number of carbonyl (C=O) groups is 1. The molecule has 2 N–H and O–H groups in total. The van der Waals surface area contributed by atoms with Crippen LogP contribution >= 0.6 is 0 Å². The summed E-state index contributed by atoms with van der Waals surface area (Å²) < 4.78 is 4.27. The van der Waals surface area contributed by atoms with Crippen LogP contribution in [0.15, 0.2) is 30.3 Å². The maximum absolute atomic E-state index is 10.9. The predicted molar refractivity (Wildman–Crippen MR) is 49.6 cm³/mol. The number of benzene rings is 1. The zero-order chi connectivity index (χ0) is 9.68. The van der Waals surface area contributed by atoms with Gasteiger partial charge in [0, 0.05) is 0 Å². The van der Waals surface area contributed by atoms with Crippen LogP contribution in [-0.2, 0) is 16.0 Å². The van der Waals surface area contributed by atoms with E-state index in [1.807, 2.05) is 30.3 Å². The van der Waals surface area contributed by atoms with Crippen LogP contribution in [0.3, 0.4) is 0 Å². The summed E-state index contributed by atoms with van der Waals surface area (Å²) in [6.07, 6.45) is 0.481. The Labute approximate surface area is 77.5 Å². The molecule has 1 rings (SSSR count). The van der Waals surface area contributed by atoms with Crippen LogP contribution in [0.5, 0.6) is 0 Å². The Morgan fingerprint density at radius 1 is 1.46 bits per heavy atom. The summed E-state index contributed by atoms with van der Waals surface area (Å²) in [7, 11) is 3.02. The topological polar surface area (TPSA) is 52.3 Å². The third-order valence-corrected chi connectivity index (χ3v) is 1.74. The van der Waals surface area contributed by atoms with Crippen molar-refractivity contribution in [3.8, 4) is 0 Å². The van der Waals surface area contributed by atoms with Crippen LogP contribution in [0.25, 0.3) is 0 Å². The van der Waals surface area contributed by atoms with E-state index in [1.54, 1.807) is 0 Å². The second-order valence-corrected chi connectivity index (χ2v) is 2.76. The molecular formula is C10H12NO2. The molecule has 0 aliphatic heterocycles. The molecule has 0 fully saturated rings. The van der Waals surface area contributed by atoms with Crippen molar-refractivity contribution >= 4 is 5.97 Å². The molecule has 0 bridgehead atoms. The van der Waals surface area contributed by atoms with Gasteiger partial charge in [0.2, 0.25) is 0 Å². The Kier molecular flexibility index (Phi) is 3.46. The van der Waals surface area contributed by atoms with Crippen molar-refractivity contribution in [1.82, 2.24) is 0 Å². The van der Waals surface area contributed by atoms with E-state index in [0.29, 0.717) is 6.42 Å². The van der Waals surface area contributed by atoms with Gasteiger partial charge in [-0.3, -0.25) is 4.79 Å². The molecule has 0 spiro atoms. The minimum atomic E-state index is -0.625. The Morgan fingerprint density at radius 2 is 2.08 bits per heavy atom. The van der Waals surface area contributed by atoms with Gasteiger partial charge in [0.1, 0.15) is 13.2 Å². The normalized spacial score (nSPS) is 12.2. The highest BCUT2D eigenvalue weighted by Gasteiger charge is 2.13. The van der Waals surface area contributed by atoms with E-state index < -0.39 is 12.0 Å². The lowest BCUT2D eigenvalue weighted by Crippen LogP contribution is -2.33. The summed E-state index contributed by atoms with van der Waals surface area (Å²) in [5.74, 6) is -0.483. The number of carbonyl (C=O) groups excluding carboxylic acids is 1. The van der Waals surface area contributed by atoms with Crippen LogP contribution in [0.2, 0.25) is 0 Å². The fraction of sp³-hybridized carbons (Fsp3) is 0.200. The SMILES string of the molecule is [CH2]OC(=O)C(N)Cc1ccccc1. The van der Waals surface area contributed by atoms with Crippen molar-refractivity contribution in [1.29, 1.82) is 0 Å². The first-order valence-corrected chi connectivity index (χ1v) is 3.99. The fourth-order valence-electron chi connectivity index (χ4n) is 1.06. The number of esters is 1. The van der Waals surface area contributed by atoms with Gasteiger partial charge in [-0.15, -0.1) is 0 Å². The van der Waals surface area contributed by atoms with Crippen LogP contribution in [-0.4, -0.2) is 12.0 Å². The molecular weight excluding hydrogens is 166 g/mol. The summed E-state index contributed by atoms with van der Waals surface area (Å²) in [5.41, 5.74) is 6.56. The fourth-order valence-corrected chi connectivity index (χ4v) is 1.06. The molecule has 0 aromatic heterocycles. The third kappa shape index (κ3) is 2.87. The molecule has 1 aromatic rings. The van der Waals surface area contributed by atoms with Crippen LogP contribution in [0.1, 0.15) is 5.56 Å². The van der Waals surface area contributed by atoms with E-state index >= 15 is 0 Å². The van der Waals surface area contributed by atoms with E-state index in [0.717, 1.165) is 5.56 Å². The van der Waals surface area contributed by atoms with E-state index in [4.69, 9.17) is 5.73 Å². The first-order chi connectivity index (χ1) is 6.24.